The highest BCUT2D eigenvalue weighted by atomic mass is 32.2. The van der Waals surface area contributed by atoms with E-state index in [-0.39, 0.29) is 18.0 Å². The van der Waals surface area contributed by atoms with Crippen molar-refractivity contribution in [3.05, 3.63) is 54.1 Å². The maximum atomic E-state index is 12.0. The van der Waals surface area contributed by atoms with Crippen LogP contribution >= 0.6 is 11.8 Å². The number of hydrazone groups is 1. The standard InChI is InChI=1S/C17H16N2O3S/c1-12(23-14-5-3-2-4-6-14)17(20)19-18-10-13-7-8-15-16(9-13)22-11-21-15/h2-10,12H,11H2,1H3,(H,19,20)/b18-10+. The van der Waals surface area contributed by atoms with Crippen molar-refractivity contribution >= 4 is 23.9 Å². The average molecular weight is 328 g/mol. The second kappa shape index (κ2) is 7.19. The summed E-state index contributed by atoms with van der Waals surface area (Å²) in [7, 11) is 0. The Morgan fingerprint density at radius 2 is 2.00 bits per heavy atom. The summed E-state index contributed by atoms with van der Waals surface area (Å²) in [6.45, 7) is 2.09. The summed E-state index contributed by atoms with van der Waals surface area (Å²) in [4.78, 5) is 13.1. The van der Waals surface area contributed by atoms with Crippen molar-refractivity contribution in [2.24, 2.45) is 5.10 Å². The van der Waals surface area contributed by atoms with Crippen LogP contribution in [0, 0.1) is 0 Å². The van der Waals surface area contributed by atoms with E-state index < -0.39 is 0 Å². The maximum Gasteiger partial charge on any atom is 0.253 e. The van der Waals surface area contributed by atoms with Crippen molar-refractivity contribution in [1.82, 2.24) is 5.43 Å². The van der Waals surface area contributed by atoms with Crippen molar-refractivity contribution < 1.29 is 14.3 Å². The Morgan fingerprint density at radius 1 is 1.22 bits per heavy atom. The predicted octanol–water partition coefficient (Wildman–Crippen LogP) is 3.05. The monoisotopic (exact) mass is 328 g/mol. The van der Waals surface area contributed by atoms with Crippen molar-refractivity contribution in [3.8, 4) is 11.5 Å². The number of thioether (sulfide) groups is 1. The van der Waals surface area contributed by atoms with E-state index in [0.717, 1.165) is 16.2 Å². The molecule has 0 aliphatic carbocycles. The predicted molar refractivity (Wildman–Crippen MR) is 90.1 cm³/mol. The Morgan fingerprint density at radius 3 is 2.83 bits per heavy atom. The number of ether oxygens (including phenoxy) is 2. The third-order valence-electron chi connectivity index (χ3n) is 3.21. The van der Waals surface area contributed by atoms with Crippen LogP contribution in [0.4, 0.5) is 0 Å². The first-order valence-corrected chi connectivity index (χ1v) is 8.04. The van der Waals surface area contributed by atoms with Gasteiger partial charge in [0.05, 0.1) is 11.5 Å². The average Bonchev–Trinajstić information content (AvgIpc) is 3.03. The number of fused-ring (bicyclic) bond motifs is 1. The molecular weight excluding hydrogens is 312 g/mol. The number of carbonyl (C=O) groups excluding carboxylic acids is 1. The number of nitrogens with one attached hydrogen (secondary N) is 1. The van der Waals surface area contributed by atoms with E-state index in [1.807, 2.05) is 55.5 Å². The normalized spacial score (nSPS) is 14.0. The van der Waals surface area contributed by atoms with E-state index in [1.54, 1.807) is 6.21 Å². The Labute approximate surface area is 138 Å². The summed E-state index contributed by atoms with van der Waals surface area (Å²) in [6, 6.07) is 15.3. The minimum Gasteiger partial charge on any atom is -0.454 e. The second-order valence-corrected chi connectivity index (χ2v) is 6.33. The fraction of sp³-hybridized carbons (Fsp3) is 0.176. The molecule has 3 rings (SSSR count). The summed E-state index contributed by atoms with van der Waals surface area (Å²) >= 11 is 1.49. The van der Waals surface area contributed by atoms with Gasteiger partial charge in [-0.1, -0.05) is 18.2 Å². The number of hydrogen-bond acceptors (Lipinski definition) is 5. The molecule has 2 aromatic carbocycles. The minimum atomic E-state index is -0.230. The highest BCUT2D eigenvalue weighted by molar-refractivity contribution is 8.00. The van der Waals surface area contributed by atoms with Crippen LogP contribution in [0.2, 0.25) is 0 Å². The zero-order valence-electron chi connectivity index (χ0n) is 12.6. The van der Waals surface area contributed by atoms with E-state index in [0.29, 0.717) is 5.75 Å². The molecule has 6 heteroatoms. The van der Waals surface area contributed by atoms with Gasteiger partial charge in [-0.25, -0.2) is 5.43 Å². The molecule has 0 radical (unpaired) electrons. The van der Waals surface area contributed by atoms with Gasteiger partial charge in [-0.2, -0.15) is 5.10 Å². The lowest BCUT2D eigenvalue weighted by Gasteiger charge is -2.09. The number of nitrogens with zero attached hydrogens (tertiary/aromatic N) is 1. The number of carbonyl (C=O) groups is 1. The summed E-state index contributed by atoms with van der Waals surface area (Å²) in [5.74, 6) is 1.27. The summed E-state index contributed by atoms with van der Waals surface area (Å²) < 4.78 is 10.5. The number of hydrogen-bond donors (Lipinski definition) is 1. The Kier molecular flexibility index (Phi) is 4.83. The first-order valence-electron chi connectivity index (χ1n) is 7.16. The SMILES string of the molecule is CC(Sc1ccccc1)C(=O)N/N=C/c1ccc2c(c1)OCO2. The number of benzene rings is 2. The third kappa shape index (κ3) is 4.04. The van der Waals surface area contributed by atoms with Crippen LogP contribution in [0.25, 0.3) is 0 Å². The number of rotatable bonds is 5. The van der Waals surface area contributed by atoms with Crippen LogP contribution in [-0.4, -0.2) is 24.2 Å². The van der Waals surface area contributed by atoms with Gasteiger partial charge in [-0.05, 0) is 42.8 Å². The van der Waals surface area contributed by atoms with Gasteiger partial charge in [0, 0.05) is 4.90 Å². The maximum absolute atomic E-state index is 12.0. The summed E-state index contributed by atoms with van der Waals surface area (Å²) in [6.07, 6.45) is 1.58. The van der Waals surface area contributed by atoms with Gasteiger partial charge in [0.2, 0.25) is 6.79 Å². The van der Waals surface area contributed by atoms with E-state index in [9.17, 15) is 4.79 Å². The lowest BCUT2D eigenvalue weighted by molar-refractivity contribution is -0.120. The molecular formula is C17H16N2O3S. The largest absolute Gasteiger partial charge is 0.454 e. The molecule has 0 spiro atoms. The quantitative estimate of drug-likeness (QED) is 0.521. The molecule has 0 aromatic heterocycles. The lowest BCUT2D eigenvalue weighted by atomic mass is 10.2. The van der Waals surface area contributed by atoms with E-state index >= 15 is 0 Å². The fourth-order valence-corrected chi connectivity index (χ4v) is 2.89. The van der Waals surface area contributed by atoms with Crippen LogP contribution in [0.3, 0.4) is 0 Å². The van der Waals surface area contributed by atoms with Crippen molar-refractivity contribution in [1.29, 1.82) is 0 Å². The zero-order chi connectivity index (χ0) is 16.1. The smallest absolute Gasteiger partial charge is 0.253 e. The molecule has 0 saturated heterocycles. The van der Waals surface area contributed by atoms with Crippen molar-refractivity contribution in [2.45, 2.75) is 17.1 Å². The summed E-state index contributed by atoms with van der Waals surface area (Å²) in [5, 5.41) is 3.77. The number of amides is 1. The van der Waals surface area contributed by atoms with Crippen LogP contribution in [0.5, 0.6) is 11.5 Å². The van der Waals surface area contributed by atoms with Crippen LogP contribution in [-0.2, 0) is 4.79 Å². The van der Waals surface area contributed by atoms with Crippen LogP contribution in [0.15, 0.2) is 58.5 Å². The van der Waals surface area contributed by atoms with E-state index in [1.165, 1.54) is 11.8 Å². The summed E-state index contributed by atoms with van der Waals surface area (Å²) in [5.41, 5.74) is 3.39. The second-order valence-electron chi connectivity index (χ2n) is 4.92. The molecule has 0 fully saturated rings. The van der Waals surface area contributed by atoms with Crippen molar-refractivity contribution in [3.63, 3.8) is 0 Å². The molecule has 0 bridgehead atoms. The third-order valence-corrected chi connectivity index (χ3v) is 4.32. The molecule has 0 saturated carbocycles. The van der Waals surface area contributed by atoms with Crippen LogP contribution < -0.4 is 14.9 Å². The van der Waals surface area contributed by atoms with Gasteiger partial charge in [0.1, 0.15) is 0 Å². The fourth-order valence-electron chi connectivity index (χ4n) is 2.01. The molecule has 118 valence electrons. The molecule has 5 nitrogen and oxygen atoms in total. The van der Waals surface area contributed by atoms with Crippen molar-refractivity contribution in [2.75, 3.05) is 6.79 Å². The molecule has 1 aliphatic heterocycles. The molecule has 1 N–H and O–H groups in total. The first kappa shape index (κ1) is 15.4. The molecule has 1 heterocycles. The first-order chi connectivity index (χ1) is 11.2. The minimum absolute atomic E-state index is 0.143. The highest BCUT2D eigenvalue weighted by Gasteiger charge is 2.14. The van der Waals surface area contributed by atoms with Gasteiger partial charge < -0.3 is 9.47 Å². The Balaban J connectivity index is 1.54. The van der Waals surface area contributed by atoms with Gasteiger partial charge in [0.15, 0.2) is 11.5 Å². The van der Waals surface area contributed by atoms with Gasteiger partial charge in [-0.15, -0.1) is 11.8 Å². The van der Waals surface area contributed by atoms with Gasteiger partial charge >= 0.3 is 0 Å². The van der Waals surface area contributed by atoms with Gasteiger partial charge in [0.25, 0.3) is 5.91 Å². The molecule has 1 atom stereocenters. The molecule has 2 aromatic rings. The Hall–Kier alpha value is -2.47. The molecule has 23 heavy (non-hydrogen) atoms. The van der Waals surface area contributed by atoms with Gasteiger partial charge in [-0.3, -0.25) is 4.79 Å². The van der Waals surface area contributed by atoms with E-state index in [4.69, 9.17) is 9.47 Å². The molecule has 1 aliphatic rings. The highest BCUT2D eigenvalue weighted by Crippen LogP contribution is 2.31. The van der Waals surface area contributed by atoms with Crippen LogP contribution in [0.1, 0.15) is 12.5 Å². The zero-order valence-corrected chi connectivity index (χ0v) is 13.4. The molecule has 1 amide bonds. The molecule has 1 unspecified atom stereocenters. The Bertz CT molecular complexity index is 719. The van der Waals surface area contributed by atoms with E-state index in [2.05, 4.69) is 10.5 Å². The topological polar surface area (TPSA) is 59.9 Å². The lowest BCUT2D eigenvalue weighted by Crippen LogP contribution is -2.26.